The average Bonchev–Trinajstić information content (AvgIpc) is 3.44. The smallest absolute Gasteiger partial charge is 0.257 e. The van der Waals surface area contributed by atoms with E-state index in [0.717, 1.165) is 24.8 Å². The first-order chi connectivity index (χ1) is 15.0. The van der Waals surface area contributed by atoms with Crippen LogP contribution in [0.15, 0.2) is 47.2 Å². The molecule has 1 unspecified atom stereocenters. The zero-order valence-corrected chi connectivity index (χ0v) is 17.6. The van der Waals surface area contributed by atoms with Crippen molar-refractivity contribution in [2.75, 3.05) is 13.1 Å². The molecule has 0 spiro atoms. The first kappa shape index (κ1) is 19.8. The summed E-state index contributed by atoms with van der Waals surface area (Å²) in [4.78, 5) is 24.0. The van der Waals surface area contributed by atoms with E-state index in [1.807, 2.05) is 17.9 Å². The van der Waals surface area contributed by atoms with Crippen molar-refractivity contribution >= 4 is 5.91 Å². The molecular weight excluding hydrogens is 395 g/mol. The van der Waals surface area contributed by atoms with Crippen LogP contribution in [-0.4, -0.2) is 39.0 Å². The van der Waals surface area contributed by atoms with E-state index in [4.69, 9.17) is 9.51 Å². The minimum Gasteiger partial charge on any atom is -0.338 e. The van der Waals surface area contributed by atoms with Gasteiger partial charge in [0.05, 0.1) is 11.0 Å². The van der Waals surface area contributed by atoms with E-state index in [0.29, 0.717) is 41.8 Å². The molecule has 2 aromatic heterocycles. The Bertz CT molecular complexity index is 1090. The molecule has 6 nitrogen and oxygen atoms in total. The number of pyridine rings is 1. The van der Waals surface area contributed by atoms with Gasteiger partial charge in [0.2, 0.25) is 0 Å². The lowest BCUT2D eigenvalue weighted by Gasteiger charge is -2.41. The van der Waals surface area contributed by atoms with Gasteiger partial charge in [0, 0.05) is 31.0 Å². The Balaban J connectivity index is 1.44. The highest BCUT2D eigenvalue weighted by atomic mass is 19.1. The van der Waals surface area contributed by atoms with Crippen LogP contribution in [0.2, 0.25) is 0 Å². The first-order valence-electron chi connectivity index (χ1n) is 10.8. The van der Waals surface area contributed by atoms with Gasteiger partial charge in [-0.15, -0.1) is 0 Å². The summed E-state index contributed by atoms with van der Waals surface area (Å²) in [7, 11) is 0. The SMILES string of the molecule is Cc1cncc(C(=O)N2CCCC(CC3CC3)(c3noc(-c4ccc(F)cc4)n3)C2)c1. The van der Waals surface area contributed by atoms with E-state index in [1.165, 1.54) is 25.0 Å². The van der Waals surface area contributed by atoms with Crippen LogP contribution in [0.4, 0.5) is 4.39 Å². The number of aromatic nitrogens is 3. The summed E-state index contributed by atoms with van der Waals surface area (Å²) in [6, 6.07) is 7.93. The molecule has 1 saturated heterocycles. The molecule has 2 fully saturated rings. The lowest BCUT2D eigenvalue weighted by Crippen LogP contribution is -2.49. The van der Waals surface area contributed by atoms with Crippen LogP contribution in [-0.2, 0) is 5.41 Å². The molecule has 3 aromatic rings. The number of rotatable bonds is 5. The molecule has 0 N–H and O–H groups in total. The summed E-state index contributed by atoms with van der Waals surface area (Å²) < 4.78 is 18.9. The molecule has 1 amide bonds. The molecule has 1 saturated carbocycles. The number of hydrogen-bond acceptors (Lipinski definition) is 5. The number of halogens is 1. The van der Waals surface area contributed by atoms with Crippen LogP contribution in [0.5, 0.6) is 0 Å². The largest absolute Gasteiger partial charge is 0.338 e. The van der Waals surface area contributed by atoms with E-state index in [-0.39, 0.29) is 17.1 Å². The van der Waals surface area contributed by atoms with Crippen molar-refractivity contribution < 1.29 is 13.7 Å². The fraction of sp³-hybridized carbons (Fsp3) is 0.417. The second-order valence-electron chi connectivity index (χ2n) is 8.94. The van der Waals surface area contributed by atoms with Crippen molar-refractivity contribution in [1.82, 2.24) is 20.0 Å². The summed E-state index contributed by atoms with van der Waals surface area (Å²) in [5, 5.41) is 4.34. The lowest BCUT2D eigenvalue weighted by atomic mass is 9.74. The maximum Gasteiger partial charge on any atom is 0.257 e. The van der Waals surface area contributed by atoms with Gasteiger partial charge < -0.3 is 9.42 Å². The summed E-state index contributed by atoms with van der Waals surface area (Å²) in [5.41, 5.74) is 1.95. The Morgan fingerprint density at radius 3 is 2.81 bits per heavy atom. The van der Waals surface area contributed by atoms with Gasteiger partial charge in [-0.2, -0.15) is 4.98 Å². The summed E-state index contributed by atoms with van der Waals surface area (Å²) in [5.74, 6) is 1.37. The maximum atomic E-state index is 13.3. The topological polar surface area (TPSA) is 72.1 Å². The number of amides is 1. The molecule has 0 radical (unpaired) electrons. The van der Waals surface area contributed by atoms with Crippen molar-refractivity contribution in [2.45, 2.75) is 44.4 Å². The highest BCUT2D eigenvalue weighted by Gasteiger charge is 2.46. The third-order valence-electron chi connectivity index (χ3n) is 6.35. The second kappa shape index (κ2) is 7.87. The number of benzene rings is 1. The van der Waals surface area contributed by atoms with Crippen LogP contribution in [0.1, 0.15) is 53.8 Å². The summed E-state index contributed by atoms with van der Waals surface area (Å²) in [6.45, 7) is 3.22. The van der Waals surface area contributed by atoms with Gasteiger partial charge in [-0.25, -0.2) is 4.39 Å². The van der Waals surface area contributed by atoms with Crippen molar-refractivity contribution in [3.05, 3.63) is 65.5 Å². The molecule has 1 aliphatic carbocycles. The van der Waals surface area contributed by atoms with Gasteiger partial charge >= 0.3 is 0 Å². The Morgan fingerprint density at radius 2 is 2.06 bits per heavy atom. The van der Waals surface area contributed by atoms with E-state index in [9.17, 15) is 9.18 Å². The van der Waals surface area contributed by atoms with E-state index in [1.54, 1.807) is 24.5 Å². The third-order valence-corrected chi connectivity index (χ3v) is 6.35. The monoisotopic (exact) mass is 420 g/mol. The summed E-state index contributed by atoms with van der Waals surface area (Å²) >= 11 is 0. The van der Waals surface area contributed by atoms with Gasteiger partial charge in [-0.1, -0.05) is 18.0 Å². The van der Waals surface area contributed by atoms with Gasteiger partial charge in [-0.3, -0.25) is 9.78 Å². The summed E-state index contributed by atoms with van der Waals surface area (Å²) in [6.07, 6.45) is 8.56. The number of piperidine rings is 1. The van der Waals surface area contributed by atoms with Crippen molar-refractivity contribution in [3.63, 3.8) is 0 Å². The fourth-order valence-electron chi connectivity index (χ4n) is 4.62. The molecular formula is C24H25FN4O2. The Hall–Kier alpha value is -3.09. The van der Waals surface area contributed by atoms with Crippen LogP contribution < -0.4 is 0 Å². The maximum absolute atomic E-state index is 13.3. The van der Waals surface area contributed by atoms with Crippen LogP contribution in [0.25, 0.3) is 11.5 Å². The predicted octanol–water partition coefficient (Wildman–Crippen LogP) is 4.55. The number of carbonyl (C=O) groups is 1. The van der Waals surface area contributed by atoms with E-state index >= 15 is 0 Å². The first-order valence-corrected chi connectivity index (χ1v) is 10.8. The van der Waals surface area contributed by atoms with Gasteiger partial charge in [0.15, 0.2) is 5.82 Å². The number of nitrogens with zero attached hydrogens (tertiary/aromatic N) is 4. The van der Waals surface area contributed by atoms with Gasteiger partial charge in [0.25, 0.3) is 11.8 Å². The van der Waals surface area contributed by atoms with Crippen molar-refractivity contribution in [2.24, 2.45) is 5.92 Å². The molecule has 7 heteroatoms. The highest BCUT2D eigenvalue weighted by Crippen LogP contribution is 2.46. The third kappa shape index (κ3) is 4.09. The molecule has 1 aliphatic heterocycles. The van der Waals surface area contributed by atoms with Crippen LogP contribution in [0.3, 0.4) is 0 Å². The normalized spacial score (nSPS) is 21.3. The van der Waals surface area contributed by atoms with E-state index < -0.39 is 0 Å². The zero-order valence-electron chi connectivity index (χ0n) is 17.6. The van der Waals surface area contributed by atoms with Gasteiger partial charge in [-0.05, 0) is 68.0 Å². The molecule has 2 aliphatic rings. The minimum atomic E-state index is -0.325. The molecule has 1 aromatic carbocycles. The average molecular weight is 420 g/mol. The van der Waals surface area contributed by atoms with Crippen LogP contribution in [0, 0.1) is 18.7 Å². The van der Waals surface area contributed by atoms with Gasteiger partial charge in [0.1, 0.15) is 5.82 Å². The Morgan fingerprint density at radius 1 is 1.26 bits per heavy atom. The Labute approximate surface area is 180 Å². The fourth-order valence-corrected chi connectivity index (χ4v) is 4.62. The number of likely N-dealkylation sites (tertiary alicyclic amines) is 1. The van der Waals surface area contributed by atoms with Crippen molar-refractivity contribution in [1.29, 1.82) is 0 Å². The molecule has 1 atom stereocenters. The zero-order chi connectivity index (χ0) is 21.4. The molecule has 5 rings (SSSR count). The number of carbonyl (C=O) groups excluding carboxylic acids is 1. The molecule has 31 heavy (non-hydrogen) atoms. The molecule has 0 bridgehead atoms. The van der Waals surface area contributed by atoms with E-state index in [2.05, 4.69) is 10.1 Å². The Kier molecular flexibility index (Phi) is 5.04. The minimum absolute atomic E-state index is 0.00155. The number of aryl methyl sites for hydroxylation is 1. The molecule has 160 valence electrons. The predicted molar refractivity (Wildman–Crippen MR) is 113 cm³/mol. The van der Waals surface area contributed by atoms with Crippen molar-refractivity contribution in [3.8, 4) is 11.5 Å². The quantitative estimate of drug-likeness (QED) is 0.605. The standard InChI is InChI=1S/C24H25FN4O2/c1-16-11-19(14-26-13-16)22(30)29-10-2-9-24(15-29,12-17-3-4-17)23-27-21(31-28-23)18-5-7-20(25)8-6-18/h5-8,11,13-14,17H,2-4,9-10,12,15H2,1H3. The van der Waals surface area contributed by atoms with Crippen LogP contribution >= 0.6 is 0 Å². The number of hydrogen-bond donors (Lipinski definition) is 0. The molecule has 3 heterocycles. The lowest BCUT2D eigenvalue weighted by molar-refractivity contribution is 0.0606. The second-order valence-corrected chi connectivity index (χ2v) is 8.94. The highest BCUT2D eigenvalue weighted by molar-refractivity contribution is 5.94.